The highest BCUT2D eigenvalue weighted by Gasteiger charge is 2.01. The van der Waals surface area contributed by atoms with Crippen molar-refractivity contribution in [2.45, 2.75) is 19.8 Å². The summed E-state index contributed by atoms with van der Waals surface area (Å²) in [5.74, 6) is 0.576. The molecule has 0 atom stereocenters. The van der Waals surface area contributed by atoms with Gasteiger partial charge in [0.2, 0.25) is 0 Å². The Hall–Kier alpha value is -1.02. The maximum absolute atomic E-state index is 8.80. The fourth-order valence-electron chi connectivity index (χ4n) is 1.39. The van der Waals surface area contributed by atoms with Crippen molar-refractivity contribution in [1.29, 1.82) is 0 Å². The van der Waals surface area contributed by atoms with Crippen molar-refractivity contribution in [3.8, 4) is 0 Å². The first kappa shape index (κ1) is 11.1. The maximum Gasteiger partial charge on any atom is 0.0606 e. The molecule has 0 saturated heterocycles. The Bertz CT molecular complexity index is 266. The summed E-state index contributed by atoms with van der Waals surface area (Å²) in [7, 11) is 1.99. The van der Waals surface area contributed by atoms with Gasteiger partial charge in [0.05, 0.1) is 6.61 Å². The van der Waals surface area contributed by atoms with Gasteiger partial charge in [0, 0.05) is 19.3 Å². The minimum Gasteiger partial charge on any atom is -0.395 e. The Balaban J connectivity index is 2.72. The molecule has 1 N–H and O–H groups in total. The molecule has 0 unspecified atom stereocenters. The van der Waals surface area contributed by atoms with Crippen LogP contribution in [0.5, 0.6) is 0 Å². The number of rotatable bonds is 4. The second-order valence-corrected chi connectivity index (χ2v) is 3.89. The molecule has 2 heteroatoms. The van der Waals surface area contributed by atoms with Gasteiger partial charge in [-0.15, -0.1) is 0 Å². The van der Waals surface area contributed by atoms with Crippen LogP contribution in [0.3, 0.4) is 0 Å². The number of likely N-dealkylation sites (N-methyl/N-ethyl adjacent to an activating group) is 1. The fraction of sp³-hybridized carbons (Fsp3) is 0.500. The number of nitrogens with zero attached hydrogens (tertiary/aromatic N) is 1. The largest absolute Gasteiger partial charge is 0.395 e. The average molecular weight is 193 g/mol. The van der Waals surface area contributed by atoms with E-state index in [9.17, 15) is 0 Å². The van der Waals surface area contributed by atoms with E-state index in [2.05, 4.69) is 38.1 Å². The van der Waals surface area contributed by atoms with E-state index >= 15 is 0 Å². The van der Waals surface area contributed by atoms with Gasteiger partial charge in [0.25, 0.3) is 0 Å². The maximum atomic E-state index is 8.80. The number of hydrogen-bond acceptors (Lipinski definition) is 2. The van der Waals surface area contributed by atoms with Crippen molar-refractivity contribution >= 4 is 5.69 Å². The molecule has 78 valence electrons. The number of anilines is 1. The molecular weight excluding hydrogens is 174 g/mol. The molecule has 0 spiro atoms. The molecule has 0 aliphatic carbocycles. The van der Waals surface area contributed by atoms with E-state index in [-0.39, 0.29) is 6.61 Å². The number of aliphatic hydroxyl groups excluding tert-OH is 1. The van der Waals surface area contributed by atoms with Crippen LogP contribution >= 0.6 is 0 Å². The molecule has 0 heterocycles. The zero-order valence-electron chi connectivity index (χ0n) is 9.20. The quantitative estimate of drug-likeness (QED) is 0.792. The van der Waals surface area contributed by atoms with Gasteiger partial charge in [0.1, 0.15) is 0 Å². The molecule has 0 amide bonds. The molecule has 0 aliphatic rings. The zero-order valence-corrected chi connectivity index (χ0v) is 9.20. The second-order valence-electron chi connectivity index (χ2n) is 3.89. The summed E-state index contributed by atoms with van der Waals surface area (Å²) in [5, 5.41) is 8.80. The van der Waals surface area contributed by atoms with Gasteiger partial charge >= 0.3 is 0 Å². The van der Waals surface area contributed by atoms with Crippen LogP contribution in [0.25, 0.3) is 0 Å². The average Bonchev–Trinajstić information content (AvgIpc) is 2.18. The van der Waals surface area contributed by atoms with Crippen LogP contribution in [0.2, 0.25) is 0 Å². The standard InChI is InChI=1S/C12H19NO/c1-10(2)11-4-6-12(7-5-11)13(3)8-9-14/h4-7,10,14H,8-9H2,1-3H3. The highest BCUT2D eigenvalue weighted by atomic mass is 16.3. The number of benzene rings is 1. The van der Waals surface area contributed by atoms with Gasteiger partial charge in [-0.1, -0.05) is 26.0 Å². The SMILES string of the molecule is CC(C)c1ccc(N(C)CCO)cc1. The summed E-state index contributed by atoms with van der Waals surface area (Å²) in [6.45, 7) is 5.25. The van der Waals surface area contributed by atoms with E-state index in [0.717, 1.165) is 5.69 Å². The van der Waals surface area contributed by atoms with E-state index in [1.807, 2.05) is 11.9 Å². The summed E-state index contributed by atoms with van der Waals surface area (Å²) >= 11 is 0. The smallest absolute Gasteiger partial charge is 0.0606 e. The highest BCUT2D eigenvalue weighted by Crippen LogP contribution is 2.18. The molecule has 0 aliphatic heterocycles. The molecule has 1 aromatic carbocycles. The predicted octanol–water partition coefficient (Wildman–Crippen LogP) is 2.24. The van der Waals surface area contributed by atoms with E-state index in [1.54, 1.807) is 0 Å². The Labute approximate surface area is 86.2 Å². The van der Waals surface area contributed by atoms with Crippen molar-refractivity contribution < 1.29 is 5.11 Å². The predicted molar refractivity (Wildman–Crippen MR) is 60.9 cm³/mol. The normalized spacial score (nSPS) is 10.6. The summed E-state index contributed by atoms with van der Waals surface area (Å²) in [6.07, 6.45) is 0. The second kappa shape index (κ2) is 5.01. The Morgan fingerprint density at radius 1 is 1.21 bits per heavy atom. The molecule has 2 nitrogen and oxygen atoms in total. The van der Waals surface area contributed by atoms with Crippen LogP contribution in [-0.4, -0.2) is 25.3 Å². The first-order valence-corrected chi connectivity index (χ1v) is 5.07. The minimum absolute atomic E-state index is 0.197. The molecule has 0 bridgehead atoms. The molecule has 0 saturated carbocycles. The van der Waals surface area contributed by atoms with Gasteiger partial charge in [0.15, 0.2) is 0 Å². The van der Waals surface area contributed by atoms with Crippen LogP contribution in [0, 0.1) is 0 Å². The minimum atomic E-state index is 0.197. The summed E-state index contributed by atoms with van der Waals surface area (Å²) < 4.78 is 0. The number of aliphatic hydroxyl groups is 1. The molecule has 0 radical (unpaired) electrons. The lowest BCUT2D eigenvalue weighted by molar-refractivity contribution is 0.304. The lowest BCUT2D eigenvalue weighted by Crippen LogP contribution is -2.20. The van der Waals surface area contributed by atoms with E-state index < -0.39 is 0 Å². The molecule has 1 rings (SSSR count). The van der Waals surface area contributed by atoms with E-state index in [0.29, 0.717) is 12.5 Å². The molecule has 0 fully saturated rings. The third kappa shape index (κ3) is 2.74. The van der Waals surface area contributed by atoms with Crippen molar-refractivity contribution in [3.05, 3.63) is 29.8 Å². The van der Waals surface area contributed by atoms with Crippen LogP contribution in [0.4, 0.5) is 5.69 Å². The highest BCUT2D eigenvalue weighted by molar-refractivity contribution is 5.47. The van der Waals surface area contributed by atoms with Gasteiger partial charge in [-0.05, 0) is 23.6 Å². The van der Waals surface area contributed by atoms with Crippen molar-refractivity contribution in [1.82, 2.24) is 0 Å². The van der Waals surface area contributed by atoms with Gasteiger partial charge < -0.3 is 10.0 Å². The topological polar surface area (TPSA) is 23.5 Å². The molecule has 0 aromatic heterocycles. The molecule has 14 heavy (non-hydrogen) atoms. The van der Waals surface area contributed by atoms with Crippen LogP contribution in [0.1, 0.15) is 25.3 Å². The van der Waals surface area contributed by atoms with E-state index in [1.165, 1.54) is 5.56 Å². The van der Waals surface area contributed by atoms with Crippen LogP contribution in [0.15, 0.2) is 24.3 Å². The molecule has 1 aromatic rings. The lowest BCUT2D eigenvalue weighted by atomic mass is 10.0. The van der Waals surface area contributed by atoms with Crippen molar-refractivity contribution in [2.24, 2.45) is 0 Å². The third-order valence-corrected chi connectivity index (χ3v) is 2.44. The van der Waals surface area contributed by atoms with E-state index in [4.69, 9.17) is 5.11 Å². The van der Waals surface area contributed by atoms with Crippen LogP contribution < -0.4 is 4.90 Å². The van der Waals surface area contributed by atoms with Gasteiger partial charge in [-0.25, -0.2) is 0 Å². The number of hydrogen-bond donors (Lipinski definition) is 1. The Kier molecular flexibility index (Phi) is 3.96. The van der Waals surface area contributed by atoms with Crippen LogP contribution in [-0.2, 0) is 0 Å². The zero-order chi connectivity index (χ0) is 10.6. The Morgan fingerprint density at radius 2 is 1.79 bits per heavy atom. The fourth-order valence-corrected chi connectivity index (χ4v) is 1.39. The third-order valence-electron chi connectivity index (χ3n) is 2.44. The lowest BCUT2D eigenvalue weighted by Gasteiger charge is -2.18. The monoisotopic (exact) mass is 193 g/mol. The summed E-state index contributed by atoms with van der Waals surface area (Å²) in [4.78, 5) is 2.05. The van der Waals surface area contributed by atoms with Gasteiger partial charge in [-0.2, -0.15) is 0 Å². The summed E-state index contributed by atoms with van der Waals surface area (Å²) in [6, 6.07) is 8.50. The van der Waals surface area contributed by atoms with Gasteiger partial charge in [-0.3, -0.25) is 0 Å². The first-order valence-electron chi connectivity index (χ1n) is 5.07. The Morgan fingerprint density at radius 3 is 2.21 bits per heavy atom. The van der Waals surface area contributed by atoms with Crippen molar-refractivity contribution in [2.75, 3.05) is 25.1 Å². The summed E-state index contributed by atoms with van der Waals surface area (Å²) in [5.41, 5.74) is 2.51. The van der Waals surface area contributed by atoms with Crippen molar-refractivity contribution in [3.63, 3.8) is 0 Å². The molecular formula is C12H19NO. The first-order chi connectivity index (χ1) is 6.65.